The van der Waals surface area contributed by atoms with Crippen LogP contribution in [0.15, 0.2) is 36.8 Å². The second kappa shape index (κ2) is 8.61. The molecule has 8 heteroatoms. The smallest absolute Gasteiger partial charge is 0.225 e. The van der Waals surface area contributed by atoms with Crippen LogP contribution in [0, 0.1) is 12.8 Å². The number of nitrogens with one attached hydrogen (secondary N) is 2. The highest BCUT2D eigenvalue weighted by Crippen LogP contribution is 2.28. The first kappa shape index (κ1) is 20.0. The number of carbonyl (C=O) groups is 1. The lowest BCUT2D eigenvalue weighted by atomic mass is 9.85. The largest absolute Gasteiger partial charge is 0.351 e. The van der Waals surface area contributed by atoms with E-state index in [9.17, 15) is 4.79 Å². The van der Waals surface area contributed by atoms with Crippen molar-refractivity contribution >= 4 is 34.4 Å². The molecule has 1 aliphatic carbocycles. The third kappa shape index (κ3) is 4.48. The topological polar surface area (TPSA) is 95.9 Å². The van der Waals surface area contributed by atoms with Gasteiger partial charge in [0.25, 0.3) is 0 Å². The fourth-order valence-corrected chi connectivity index (χ4v) is 3.91. The number of amides is 1. The Balaban J connectivity index is 1.49. The van der Waals surface area contributed by atoms with Crippen molar-refractivity contribution in [1.82, 2.24) is 24.8 Å². The number of aryl methyl sites for hydroxylation is 1. The Bertz CT molecular complexity index is 1040. The van der Waals surface area contributed by atoms with Crippen LogP contribution < -0.4 is 10.6 Å². The average molecular weight is 406 g/mol. The summed E-state index contributed by atoms with van der Waals surface area (Å²) in [5.74, 6) is 1.55. The molecule has 2 aromatic heterocycles. The third-order valence-electron chi connectivity index (χ3n) is 5.51. The lowest BCUT2D eigenvalue weighted by molar-refractivity contribution is -0.133. The highest BCUT2D eigenvalue weighted by atomic mass is 16.2. The number of carbonyl (C=O) groups excluding carboxylic acids is 1. The Morgan fingerprint density at radius 3 is 2.63 bits per heavy atom. The predicted molar refractivity (Wildman–Crippen MR) is 118 cm³/mol. The van der Waals surface area contributed by atoms with Gasteiger partial charge in [-0.25, -0.2) is 19.9 Å². The van der Waals surface area contributed by atoms with E-state index in [0.717, 1.165) is 31.4 Å². The molecule has 1 aromatic carbocycles. The summed E-state index contributed by atoms with van der Waals surface area (Å²) in [5, 5.41) is 6.77. The Kier molecular flexibility index (Phi) is 5.74. The summed E-state index contributed by atoms with van der Waals surface area (Å²) < 4.78 is 0. The van der Waals surface area contributed by atoms with Gasteiger partial charge in [-0.05, 0) is 50.3 Å². The number of rotatable bonds is 5. The molecule has 1 amide bonds. The van der Waals surface area contributed by atoms with E-state index in [-0.39, 0.29) is 17.9 Å². The van der Waals surface area contributed by atoms with Gasteiger partial charge in [0.05, 0.1) is 6.20 Å². The standard InChI is InChI=1S/C22H27N7O/c1-14-5-4-6-17(11-14)26-20-19-18(24-13-25-20)12-23-22(28-19)27-16-9-7-15(8-10-16)21(30)29(2)3/h4-6,11-13,15-16H,7-10H2,1-3H3,(H,23,27,28)(H,24,25,26)/t15-,16-. The van der Waals surface area contributed by atoms with E-state index in [1.54, 1.807) is 11.1 Å². The monoisotopic (exact) mass is 405 g/mol. The lowest BCUT2D eigenvalue weighted by Gasteiger charge is -2.29. The van der Waals surface area contributed by atoms with E-state index in [4.69, 9.17) is 0 Å². The molecule has 3 aromatic rings. The van der Waals surface area contributed by atoms with Crippen LogP contribution in [-0.4, -0.2) is 50.9 Å². The number of hydrogen-bond acceptors (Lipinski definition) is 7. The summed E-state index contributed by atoms with van der Waals surface area (Å²) in [5.41, 5.74) is 3.48. The van der Waals surface area contributed by atoms with Crippen LogP contribution >= 0.6 is 0 Å². The molecule has 0 unspecified atom stereocenters. The molecule has 0 radical (unpaired) electrons. The molecule has 156 valence electrons. The maximum Gasteiger partial charge on any atom is 0.225 e. The maximum absolute atomic E-state index is 12.2. The number of nitrogens with zero attached hydrogens (tertiary/aromatic N) is 5. The minimum absolute atomic E-state index is 0.120. The predicted octanol–water partition coefficient (Wildman–Crippen LogP) is 3.53. The van der Waals surface area contributed by atoms with Crippen LogP contribution in [0.3, 0.4) is 0 Å². The van der Waals surface area contributed by atoms with Gasteiger partial charge in [0.1, 0.15) is 17.4 Å². The number of benzene rings is 1. The Labute approximate surface area is 176 Å². The van der Waals surface area contributed by atoms with Gasteiger partial charge < -0.3 is 15.5 Å². The zero-order chi connectivity index (χ0) is 21.1. The van der Waals surface area contributed by atoms with Crippen molar-refractivity contribution in [3.63, 3.8) is 0 Å². The van der Waals surface area contributed by atoms with E-state index >= 15 is 0 Å². The zero-order valence-electron chi connectivity index (χ0n) is 17.6. The van der Waals surface area contributed by atoms with Crippen molar-refractivity contribution in [3.05, 3.63) is 42.4 Å². The fourth-order valence-electron chi connectivity index (χ4n) is 3.91. The highest BCUT2D eigenvalue weighted by molar-refractivity contribution is 5.87. The Morgan fingerprint density at radius 2 is 1.90 bits per heavy atom. The summed E-state index contributed by atoms with van der Waals surface area (Å²) >= 11 is 0. The Hall–Kier alpha value is -3.29. The first-order chi connectivity index (χ1) is 14.5. The summed E-state index contributed by atoms with van der Waals surface area (Å²) in [6, 6.07) is 8.36. The van der Waals surface area contributed by atoms with Crippen molar-refractivity contribution < 1.29 is 4.79 Å². The van der Waals surface area contributed by atoms with Gasteiger partial charge in [0.2, 0.25) is 11.9 Å². The second-order valence-electron chi connectivity index (χ2n) is 8.07. The first-order valence-electron chi connectivity index (χ1n) is 10.3. The van der Waals surface area contributed by atoms with Gasteiger partial charge in [-0.15, -0.1) is 0 Å². The quantitative estimate of drug-likeness (QED) is 0.670. The van der Waals surface area contributed by atoms with E-state index in [2.05, 4.69) is 36.6 Å². The van der Waals surface area contributed by atoms with E-state index in [0.29, 0.717) is 22.8 Å². The van der Waals surface area contributed by atoms with Crippen LogP contribution in [0.25, 0.3) is 11.0 Å². The highest BCUT2D eigenvalue weighted by Gasteiger charge is 2.27. The zero-order valence-corrected chi connectivity index (χ0v) is 17.6. The molecule has 2 heterocycles. The number of fused-ring (bicyclic) bond motifs is 1. The third-order valence-corrected chi connectivity index (χ3v) is 5.51. The summed E-state index contributed by atoms with van der Waals surface area (Å²) in [6.45, 7) is 2.05. The molecule has 2 N–H and O–H groups in total. The fraction of sp³-hybridized carbons (Fsp3) is 0.409. The molecule has 4 rings (SSSR count). The molecular formula is C22H27N7O. The van der Waals surface area contributed by atoms with Crippen LogP contribution in [0.1, 0.15) is 31.2 Å². The summed E-state index contributed by atoms with van der Waals surface area (Å²) in [4.78, 5) is 31.7. The lowest BCUT2D eigenvalue weighted by Crippen LogP contribution is -2.35. The number of hydrogen-bond donors (Lipinski definition) is 2. The molecule has 0 spiro atoms. The number of aromatic nitrogens is 4. The molecule has 0 saturated heterocycles. The van der Waals surface area contributed by atoms with Gasteiger partial charge in [-0.2, -0.15) is 0 Å². The van der Waals surface area contributed by atoms with Gasteiger partial charge in [0.15, 0.2) is 5.82 Å². The van der Waals surface area contributed by atoms with Gasteiger partial charge in [-0.3, -0.25) is 4.79 Å². The average Bonchev–Trinajstić information content (AvgIpc) is 2.74. The van der Waals surface area contributed by atoms with E-state index < -0.39 is 0 Å². The van der Waals surface area contributed by atoms with Crippen molar-refractivity contribution in [3.8, 4) is 0 Å². The molecule has 0 bridgehead atoms. The van der Waals surface area contributed by atoms with Crippen LogP contribution in [0.5, 0.6) is 0 Å². The van der Waals surface area contributed by atoms with Gasteiger partial charge in [0, 0.05) is 31.7 Å². The SMILES string of the molecule is Cc1cccc(Nc2ncnc3cnc(N[C@H]4CC[C@H](C(=O)N(C)C)CC4)nc23)c1. The van der Waals surface area contributed by atoms with Crippen LogP contribution in [-0.2, 0) is 4.79 Å². The minimum Gasteiger partial charge on any atom is -0.351 e. The molecule has 0 atom stereocenters. The number of anilines is 3. The Morgan fingerprint density at radius 1 is 1.10 bits per heavy atom. The second-order valence-corrected chi connectivity index (χ2v) is 8.07. The van der Waals surface area contributed by atoms with Gasteiger partial charge >= 0.3 is 0 Å². The van der Waals surface area contributed by atoms with Crippen molar-refractivity contribution in [2.45, 2.75) is 38.6 Å². The first-order valence-corrected chi connectivity index (χ1v) is 10.3. The normalized spacial score (nSPS) is 18.8. The van der Waals surface area contributed by atoms with Crippen molar-refractivity contribution in [1.29, 1.82) is 0 Å². The van der Waals surface area contributed by atoms with Crippen molar-refractivity contribution in [2.75, 3.05) is 24.7 Å². The van der Waals surface area contributed by atoms with E-state index in [1.807, 2.05) is 39.2 Å². The molecule has 1 aliphatic rings. The van der Waals surface area contributed by atoms with Crippen molar-refractivity contribution in [2.24, 2.45) is 5.92 Å². The van der Waals surface area contributed by atoms with E-state index in [1.165, 1.54) is 11.9 Å². The maximum atomic E-state index is 12.2. The summed E-state index contributed by atoms with van der Waals surface area (Å²) in [6.07, 6.45) is 6.84. The minimum atomic E-state index is 0.120. The van der Waals surface area contributed by atoms with Gasteiger partial charge in [-0.1, -0.05) is 12.1 Å². The molecule has 0 aliphatic heterocycles. The molecule has 30 heavy (non-hydrogen) atoms. The van der Waals surface area contributed by atoms with Crippen LogP contribution in [0.2, 0.25) is 0 Å². The molecule has 1 saturated carbocycles. The van der Waals surface area contributed by atoms with Crippen LogP contribution in [0.4, 0.5) is 17.5 Å². The molecular weight excluding hydrogens is 378 g/mol. The molecule has 8 nitrogen and oxygen atoms in total. The summed E-state index contributed by atoms with van der Waals surface area (Å²) in [7, 11) is 3.64. The molecule has 1 fully saturated rings.